The lowest BCUT2D eigenvalue weighted by molar-refractivity contribution is 0.0953. The van der Waals surface area contributed by atoms with Gasteiger partial charge in [-0.1, -0.05) is 6.07 Å². The SMILES string of the molecule is COCCNCCNC(=O)c1cccc(OC(C)C)c1. The Morgan fingerprint density at radius 3 is 2.75 bits per heavy atom. The molecule has 0 aliphatic rings. The maximum atomic E-state index is 12.0. The lowest BCUT2D eigenvalue weighted by Gasteiger charge is -2.11. The number of amides is 1. The van der Waals surface area contributed by atoms with Gasteiger partial charge in [-0.15, -0.1) is 0 Å². The number of hydrogen-bond acceptors (Lipinski definition) is 4. The third-order valence-corrected chi connectivity index (χ3v) is 2.54. The van der Waals surface area contributed by atoms with E-state index in [0.717, 1.165) is 13.1 Å². The van der Waals surface area contributed by atoms with Crippen molar-refractivity contribution in [2.45, 2.75) is 20.0 Å². The summed E-state index contributed by atoms with van der Waals surface area (Å²) in [5, 5.41) is 6.02. The van der Waals surface area contributed by atoms with Gasteiger partial charge in [0.15, 0.2) is 0 Å². The highest BCUT2D eigenvalue weighted by atomic mass is 16.5. The summed E-state index contributed by atoms with van der Waals surface area (Å²) in [6.07, 6.45) is 0.0956. The quantitative estimate of drug-likeness (QED) is 0.672. The minimum atomic E-state index is -0.0900. The van der Waals surface area contributed by atoms with Crippen molar-refractivity contribution in [3.63, 3.8) is 0 Å². The molecule has 0 saturated carbocycles. The molecule has 5 nitrogen and oxygen atoms in total. The van der Waals surface area contributed by atoms with Crippen LogP contribution in [-0.4, -0.2) is 45.4 Å². The molecule has 0 spiro atoms. The summed E-state index contributed by atoms with van der Waals surface area (Å²) in [5.74, 6) is 0.624. The Labute approximate surface area is 120 Å². The van der Waals surface area contributed by atoms with Crippen molar-refractivity contribution in [1.29, 1.82) is 0 Å². The number of ether oxygens (including phenoxy) is 2. The Morgan fingerprint density at radius 2 is 2.05 bits per heavy atom. The number of carbonyl (C=O) groups excluding carboxylic acids is 1. The summed E-state index contributed by atoms with van der Waals surface area (Å²) >= 11 is 0. The standard InChI is InChI=1S/C15H24N2O3/c1-12(2)20-14-6-4-5-13(11-14)15(18)17-8-7-16-9-10-19-3/h4-6,11-12,16H,7-10H2,1-3H3,(H,17,18). The molecule has 0 aliphatic heterocycles. The van der Waals surface area contributed by atoms with Crippen molar-refractivity contribution < 1.29 is 14.3 Å². The maximum absolute atomic E-state index is 12.0. The highest BCUT2D eigenvalue weighted by molar-refractivity contribution is 5.94. The third kappa shape index (κ3) is 6.54. The molecule has 5 heteroatoms. The van der Waals surface area contributed by atoms with Gasteiger partial charge in [-0.3, -0.25) is 4.79 Å². The monoisotopic (exact) mass is 280 g/mol. The number of nitrogens with one attached hydrogen (secondary N) is 2. The highest BCUT2D eigenvalue weighted by Crippen LogP contribution is 2.14. The molecule has 0 saturated heterocycles. The van der Waals surface area contributed by atoms with Crippen LogP contribution in [-0.2, 0) is 4.74 Å². The zero-order chi connectivity index (χ0) is 14.8. The van der Waals surface area contributed by atoms with Gasteiger partial charge in [0.1, 0.15) is 5.75 Å². The van der Waals surface area contributed by atoms with E-state index in [0.29, 0.717) is 24.5 Å². The molecular formula is C15H24N2O3. The second kappa shape index (κ2) is 9.34. The van der Waals surface area contributed by atoms with E-state index in [1.54, 1.807) is 19.2 Å². The number of methoxy groups -OCH3 is 1. The molecule has 0 bridgehead atoms. The summed E-state index contributed by atoms with van der Waals surface area (Å²) in [5.41, 5.74) is 0.611. The van der Waals surface area contributed by atoms with E-state index in [1.165, 1.54) is 0 Å². The fourth-order valence-electron chi connectivity index (χ4n) is 1.65. The van der Waals surface area contributed by atoms with Gasteiger partial charge in [-0.05, 0) is 32.0 Å². The Balaban J connectivity index is 2.35. The van der Waals surface area contributed by atoms with E-state index in [4.69, 9.17) is 9.47 Å². The van der Waals surface area contributed by atoms with E-state index in [-0.39, 0.29) is 12.0 Å². The number of benzene rings is 1. The first-order chi connectivity index (χ1) is 9.63. The first-order valence-corrected chi connectivity index (χ1v) is 6.88. The molecule has 1 rings (SSSR count). The smallest absolute Gasteiger partial charge is 0.251 e. The summed E-state index contributed by atoms with van der Waals surface area (Å²) in [6, 6.07) is 7.21. The van der Waals surface area contributed by atoms with Crippen molar-refractivity contribution >= 4 is 5.91 Å². The fraction of sp³-hybridized carbons (Fsp3) is 0.533. The molecule has 0 aromatic heterocycles. The largest absolute Gasteiger partial charge is 0.491 e. The molecule has 1 amide bonds. The maximum Gasteiger partial charge on any atom is 0.251 e. The van der Waals surface area contributed by atoms with Crippen molar-refractivity contribution in [2.24, 2.45) is 0 Å². The number of rotatable bonds is 9. The van der Waals surface area contributed by atoms with Gasteiger partial charge in [0.2, 0.25) is 0 Å². The second-order valence-corrected chi connectivity index (χ2v) is 4.69. The summed E-state index contributed by atoms with van der Waals surface area (Å²) < 4.78 is 10.5. The van der Waals surface area contributed by atoms with Gasteiger partial charge in [0.25, 0.3) is 5.91 Å². The minimum absolute atomic E-state index is 0.0900. The van der Waals surface area contributed by atoms with Crippen LogP contribution in [0.5, 0.6) is 5.75 Å². The van der Waals surface area contributed by atoms with Crippen LogP contribution in [0.25, 0.3) is 0 Å². The summed E-state index contributed by atoms with van der Waals surface area (Å²) in [4.78, 5) is 12.0. The Morgan fingerprint density at radius 1 is 1.25 bits per heavy atom. The van der Waals surface area contributed by atoms with E-state index >= 15 is 0 Å². The molecule has 0 radical (unpaired) electrons. The fourth-order valence-corrected chi connectivity index (χ4v) is 1.65. The second-order valence-electron chi connectivity index (χ2n) is 4.69. The molecule has 0 aliphatic carbocycles. The molecule has 0 atom stereocenters. The van der Waals surface area contributed by atoms with E-state index in [1.807, 2.05) is 26.0 Å². The molecule has 1 aromatic rings. The predicted molar refractivity (Wildman–Crippen MR) is 79.3 cm³/mol. The van der Waals surface area contributed by atoms with Gasteiger partial charge >= 0.3 is 0 Å². The van der Waals surface area contributed by atoms with Crippen LogP contribution < -0.4 is 15.4 Å². The molecule has 112 valence electrons. The Bertz CT molecular complexity index is 408. The molecule has 20 heavy (non-hydrogen) atoms. The van der Waals surface area contributed by atoms with Crippen LogP contribution in [0.4, 0.5) is 0 Å². The van der Waals surface area contributed by atoms with Crippen molar-refractivity contribution in [1.82, 2.24) is 10.6 Å². The average Bonchev–Trinajstić information content (AvgIpc) is 2.42. The molecule has 1 aromatic carbocycles. The normalized spacial score (nSPS) is 10.6. The summed E-state index contributed by atoms with van der Waals surface area (Å²) in [7, 11) is 1.66. The van der Waals surface area contributed by atoms with Gasteiger partial charge < -0.3 is 20.1 Å². The van der Waals surface area contributed by atoms with E-state index < -0.39 is 0 Å². The van der Waals surface area contributed by atoms with Crippen LogP contribution >= 0.6 is 0 Å². The Hall–Kier alpha value is -1.59. The molecule has 2 N–H and O–H groups in total. The lowest BCUT2D eigenvalue weighted by atomic mass is 10.2. The lowest BCUT2D eigenvalue weighted by Crippen LogP contribution is -2.33. The zero-order valence-electron chi connectivity index (χ0n) is 12.4. The minimum Gasteiger partial charge on any atom is -0.491 e. The van der Waals surface area contributed by atoms with Crippen molar-refractivity contribution in [3.8, 4) is 5.75 Å². The molecule has 0 heterocycles. The summed E-state index contributed by atoms with van der Waals surface area (Å²) in [6.45, 7) is 6.67. The van der Waals surface area contributed by atoms with E-state index in [9.17, 15) is 4.79 Å². The third-order valence-electron chi connectivity index (χ3n) is 2.54. The molecule has 0 fully saturated rings. The van der Waals surface area contributed by atoms with Crippen LogP contribution in [0.3, 0.4) is 0 Å². The van der Waals surface area contributed by atoms with Crippen LogP contribution in [0, 0.1) is 0 Å². The van der Waals surface area contributed by atoms with Crippen LogP contribution in [0.2, 0.25) is 0 Å². The first kappa shape index (κ1) is 16.5. The van der Waals surface area contributed by atoms with Gasteiger partial charge in [-0.2, -0.15) is 0 Å². The molecule has 0 unspecified atom stereocenters. The predicted octanol–water partition coefficient (Wildman–Crippen LogP) is 1.44. The van der Waals surface area contributed by atoms with Crippen LogP contribution in [0.1, 0.15) is 24.2 Å². The van der Waals surface area contributed by atoms with Gasteiger partial charge in [-0.25, -0.2) is 0 Å². The topological polar surface area (TPSA) is 59.6 Å². The van der Waals surface area contributed by atoms with Crippen molar-refractivity contribution in [3.05, 3.63) is 29.8 Å². The Kier molecular flexibility index (Phi) is 7.69. The van der Waals surface area contributed by atoms with E-state index in [2.05, 4.69) is 10.6 Å². The van der Waals surface area contributed by atoms with Crippen LogP contribution in [0.15, 0.2) is 24.3 Å². The van der Waals surface area contributed by atoms with Gasteiger partial charge in [0, 0.05) is 32.3 Å². The number of hydrogen-bond donors (Lipinski definition) is 2. The number of carbonyl (C=O) groups is 1. The zero-order valence-corrected chi connectivity index (χ0v) is 12.4. The average molecular weight is 280 g/mol. The first-order valence-electron chi connectivity index (χ1n) is 6.88. The molecular weight excluding hydrogens is 256 g/mol. The highest BCUT2D eigenvalue weighted by Gasteiger charge is 2.06. The van der Waals surface area contributed by atoms with Crippen molar-refractivity contribution in [2.75, 3.05) is 33.4 Å². The van der Waals surface area contributed by atoms with Gasteiger partial charge in [0.05, 0.1) is 12.7 Å².